The van der Waals surface area contributed by atoms with Crippen LogP contribution < -0.4 is 5.63 Å². The van der Waals surface area contributed by atoms with Gasteiger partial charge in [0.2, 0.25) is 5.89 Å². The van der Waals surface area contributed by atoms with Gasteiger partial charge < -0.3 is 8.83 Å². The average molecular weight is 213 g/mol. The Kier molecular flexibility index (Phi) is 1.86. The van der Waals surface area contributed by atoms with E-state index in [1.165, 1.54) is 12.5 Å². The second-order valence-corrected chi connectivity index (χ2v) is 3.34. The Bertz CT molecular complexity index is 683. The number of rotatable bonds is 1. The highest BCUT2D eigenvalue weighted by Crippen LogP contribution is 2.18. The van der Waals surface area contributed by atoms with Crippen LogP contribution in [0.15, 0.2) is 56.5 Å². The van der Waals surface area contributed by atoms with Crippen LogP contribution in [0.4, 0.5) is 0 Å². The van der Waals surface area contributed by atoms with E-state index in [9.17, 15) is 4.79 Å². The van der Waals surface area contributed by atoms with Crippen LogP contribution in [0.3, 0.4) is 0 Å². The van der Waals surface area contributed by atoms with E-state index in [-0.39, 0.29) is 11.5 Å². The van der Waals surface area contributed by atoms with Gasteiger partial charge in [0.25, 0.3) is 0 Å². The van der Waals surface area contributed by atoms with Crippen molar-refractivity contribution in [3.05, 3.63) is 53.3 Å². The predicted octanol–water partition coefficient (Wildman–Crippen LogP) is 2.45. The molecule has 1 aromatic carbocycles. The summed E-state index contributed by atoms with van der Waals surface area (Å²) >= 11 is 0. The van der Waals surface area contributed by atoms with Crippen molar-refractivity contribution in [2.24, 2.45) is 0 Å². The van der Waals surface area contributed by atoms with Crippen LogP contribution in [-0.4, -0.2) is 4.98 Å². The third kappa shape index (κ3) is 1.32. The molecule has 0 saturated heterocycles. The van der Waals surface area contributed by atoms with Gasteiger partial charge in [-0.2, -0.15) is 0 Å². The van der Waals surface area contributed by atoms with Crippen LogP contribution in [0.1, 0.15) is 0 Å². The molecule has 0 bridgehead atoms. The van der Waals surface area contributed by atoms with Gasteiger partial charge in [0, 0.05) is 0 Å². The summed E-state index contributed by atoms with van der Waals surface area (Å²) in [5.74, 6) is 0.275. The molecule has 0 atom stereocenters. The van der Waals surface area contributed by atoms with E-state index < -0.39 is 0 Å². The Morgan fingerprint density at radius 3 is 2.81 bits per heavy atom. The highest BCUT2D eigenvalue weighted by atomic mass is 16.4. The standard InChI is InChI=1S/C12H7NO3/c14-12-9-3-1-2-4-10(9)13-11(16-12)8-5-6-15-7-8/h1-7H. The molecule has 2 aromatic heterocycles. The fourth-order valence-corrected chi connectivity index (χ4v) is 1.53. The molecule has 0 radical (unpaired) electrons. The molecule has 78 valence electrons. The third-order valence-electron chi connectivity index (χ3n) is 2.30. The second kappa shape index (κ2) is 3.34. The highest BCUT2D eigenvalue weighted by Gasteiger charge is 2.08. The quantitative estimate of drug-likeness (QED) is 0.623. The third-order valence-corrected chi connectivity index (χ3v) is 2.30. The maximum atomic E-state index is 11.7. The van der Waals surface area contributed by atoms with E-state index in [0.29, 0.717) is 16.5 Å². The molecule has 16 heavy (non-hydrogen) atoms. The first-order valence-electron chi connectivity index (χ1n) is 4.77. The molecule has 0 aliphatic carbocycles. The van der Waals surface area contributed by atoms with E-state index in [4.69, 9.17) is 8.83 Å². The lowest BCUT2D eigenvalue weighted by atomic mass is 10.2. The second-order valence-electron chi connectivity index (χ2n) is 3.34. The van der Waals surface area contributed by atoms with Gasteiger partial charge >= 0.3 is 5.63 Å². The van der Waals surface area contributed by atoms with Crippen LogP contribution >= 0.6 is 0 Å². The van der Waals surface area contributed by atoms with Crippen molar-refractivity contribution in [1.29, 1.82) is 0 Å². The van der Waals surface area contributed by atoms with Crippen molar-refractivity contribution in [2.45, 2.75) is 0 Å². The lowest BCUT2D eigenvalue weighted by Gasteiger charge is -1.97. The predicted molar refractivity (Wildman–Crippen MR) is 58.0 cm³/mol. The molecule has 0 spiro atoms. The summed E-state index contributed by atoms with van der Waals surface area (Å²) < 4.78 is 10.0. The molecule has 0 N–H and O–H groups in total. The fraction of sp³-hybridized carbons (Fsp3) is 0. The summed E-state index contributed by atoms with van der Waals surface area (Å²) in [6.45, 7) is 0. The summed E-state index contributed by atoms with van der Waals surface area (Å²) in [5.41, 5.74) is 0.889. The molecule has 4 nitrogen and oxygen atoms in total. The monoisotopic (exact) mass is 213 g/mol. The largest absolute Gasteiger partial charge is 0.472 e. The molecule has 3 rings (SSSR count). The van der Waals surface area contributed by atoms with Crippen molar-refractivity contribution in [1.82, 2.24) is 4.98 Å². The maximum absolute atomic E-state index is 11.7. The Hall–Kier alpha value is -2.36. The average Bonchev–Trinajstić information content (AvgIpc) is 2.82. The van der Waals surface area contributed by atoms with E-state index >= 15 is 0 Å². The van der Waals surface area contributed by atoms with Crippen molar-refractivity contribution in [3.8, 4) is 11.5 Å². The van der Waals surface area contributed by atoms with Crippen molar-refractivity contribution in [3.63, 3.8) is 0 Å². The molecule has 0 saturated carbocycles. The van der Waals surface area contributed by atoms with E-state index in [0.717, 1.165) is 0 Å². The SMILES string of the molecule is O=c1oc(-c2ccoc2)nc2ccccc12. The van der Waals surface area contributed by atoms with Gasteiger partial charge in [0.15, 0.2) is 0 Å². The van der Waals surface area contributed by atoms with Crippen molar-refractivity contribution >= 4 is 10.9 Å². The maximum Gasteiger partial charge on any atom is 0.347 e. The molecule has 0 aliphatic heterocycles. The Morgan fingerprint density at radius 2 is 2.00 bits per heavy atom. The fourth-order valence-electron chi connectivity index (χ4n) is 1.53. The van der Waals surface area contributed by atoms with Crippen LogP contribution in [0, 0.1) is 0 Å². The zero-order chi connectivity index (χ0) is 11.0. The minimum absolute atomic E-state index is 0.275. The summed E-state index contributed by atoms with van der Waals surface area (Å²) in [5, 5.41) is 0.481. The first-order valence-corrected chi connectivity index (χ1v) is 4.77. The van der Waals surface area contributed by atoms with E-state index in [1.54, 1.807) is 24.3 Å². The smallest absolute Gasteiger partial charge is 0.347 e. The minimum atomic E-state index is -0.387. The van der Waals surface area contributed by atoms with Gasteiger partial charge in [-0.15, -0.1) is 0 Å². The Morgan fingerprint density at radius 1 is 1.12 bits per heavy atom. The molecular formula is C12H7NO3. The van der Waals surface area contributed by atoms with Gasteiger partial charge in [0.1, 0.15) is 6.26 Å². The van der Waals surface area contributed by atoms with Gasteiger partial charge in [-0.3, -0.25) is 0 Å². The number of para-hydroxylation sites is 1. The number of aromatic nitrogens is 1. The van der Waals surface area contributed by atoms with Gasteiger partial charge in [0.05, 0.1) is 22.7 Å². The zero-order valence-electron chi connectivity index (χ0n) is 8.21. The summed E-state index contributed by atoms with van der Waals surface area (Å²) in [6.07, 6.45) is 2.99. The molecule has 0 fully saturated rings. The number of benzene rings is 1. The van der Waals surface area contributed by atoms with Crippen molar-refractivity contribution in [2.75, 3.05) is 0 Å². The topological polar surface area (TPSA) is 56.2 Å². The lowest BCUT2D eigenvalue weighted by Crippen LogP contribution is -2.02. The van der Waals surface area contributed by atoms with Gasteiger partial charge in [-0.05, 0) is 18.2 Å². The first-order chi connectivity index (χ1) is 7.84. The number of furan rings is 1. The van der Waals surface area contributed by atoms with Crippen LogP contribution in [0.2, 0.25) is 0 Å². The molecule has 3 aromatic rings. The highest BCUT2D eigenvalue weighted by molar-refractivity contribution is 5.78. The van der Waals surface area contributed by atoms with Crippen molar-refractivity contribution < 1.29 is 8.83 Å². The molecular weight excluding hydrogens is 206 g/mol. The summed E-state index contributed by atoms with van der Waals surface area (Å²) in [6, 6.07) is 8.76. The summed E-state index contributed by atoms with van der Waals surface area (Å²) in [7, 11) is 0. The zero-order valence-corrected chi connectivity index (χ0v) is 8.21. The Labute approximate surface area is 90.2 Å². The van der Waals surface area contributed by atoms with Gasteiger partial charge in [-0.1, -0.05) is 12.1 Å². The Balaban J connectivity index is 2.34. The molecule has 2 heterocycles. The lowest BCUT2D eigenvalue weighted by molar-refractivity contribution is 0.515. The molecule has 0 amide bonds. The van der Waals surface area contributed by atoms with Gasteiger partial charge in [-0.25, -0.2) is 9.78 Å². The normalized spacial score (nSPS) is 10.8. The summed E-state index contributed by atoms with van der Waals surface area (Å²) in [4.78, 5) is 15.9. The van der Waals surface area contributed by atoms with E-state index in [1.807, 2.05) is 6.07 Å². The van der Waals surface area contributed by atoms with Crippen LogP contribution in [-0.2, 0) is 0 Å². The molecule has 0 aliphatic rings. The van der Waals surface area contributed by atoms with Crippen LogP contribution in [0.25, 0.3) is 22.4 Å². The molecule has 0 unspecified atom stereocenters. The van der Waals surface area contributed by atoms with E-state index in [2.05, 4.69) is 4.98 Å². The number of hydrogen-bond donors (Lipinski definition) is 0. The number of fused-ring (bicyclic) bond motifs is 1. The number of nitrogens with zero attached hydrogens (tertiary/aromatic N) is 1. The number of hydrogen-bond acceptors (Lipinski definition) is 4. The van der Waals surface area contributed by atoms with Crippen LogP contribution in [0.5, 0.6) is 0 Å². The molecule has 4 heteroatoms. The minimum Gasteiger partial charge on any atom is -0.472 e. The first kappa shape index (κ1) is 8.91.